The Morgan fingerprint density at radius 2 is 1.90 bits per heavy atom. The normalized spacial score (nSPS) is 20.4. The second-order valence-corrected chi connectivity index (χ2v) is 7.89. The number of nitrogens with zero attached hydrogens (tertiary/aromatic N) is 4. The lowest BCUT2D eigenvalue weighted by atomic mass is 9.96. The lowest BCUT2D eigenvalue weighted by Gasteiger charge is -2.32. The van der Waals surface area contributed by atoms with Gasteiger partial charge >= 0.3 is 0 Å². The van der Waals surface area contributed by atoms with Crippen molar-refractivity contribution in [1.29, 1.82) is 0 Å². The Hall–Kier alpha value is -2.74. The smallest absolute Gasteiger partial charge is 0.253 e. The third-order valence-corrected chi connectivity index (χ3v) is 5.82. The van der Waals surface area contributed by atoms with Crippen LogP contribution in [0.2, 0.25) is 0 Å². The van der Waals surface area contributed by atoms with E-state index in [2.05, 4.69) is 20.7 Å². The largest absolute Gasteiger partial charge is 0.338 e. The van der Waals surface area contributed by atoms with E-state index in [0.29, 0.717) is 30.5 Å². The summed E-state index contributed by atoms with van der Waals surface area (Å²) in [5.41, 5.74) is 0.661. The van der Waals surface area contributed by atoms with Crippen molar-refractivity contribution in [1.82, 2.24) is 25.0 Å². The molecule has 4 rings (SSSR count). The van der Waals surface area contributed by atoms with E-state index in [1.54, 1.807) is 16.6 Å². The van der Waals surface area contributed by atoms with Crippen molar-refractivity contribution in [2.24, 2.45) is 13.0 Å². The van der Waals surface area contributed by atoms with Gasteiger partial charge in [-0.25, -0.2) is 4.68 Å². The van der Waals surface area contributed by atoms with E-state index in [1.165, 1.54) is 0 Å². The highest BCUT2D eigenvalue weighted by atomic mass is 16.2. The first-order chi connectivity index (χ1) is 14.1. The molecule has 154 valence electrons. The molecule has 1 atom stereocenters. The van der Waals surface area contributed by atoms with Gasteiger partial charge in [0.25, 0.3) is 5.91 Å². The van der Waals surface area contributed by atoms with E-state index in [0.717, 1.165) is 44.6 Å². The molecule has 3 heterocycles. The van der Waals surface area contributed by atoms with Crippen LogP contribution < -0.4 is 10.6 Å². The molecule has 2 aliphatic rings. The Balaban J connectivity index is 1.39. The van der Waals surface area contributed by atoms with Crippen LogP contribution in [0, 0.1) is 5.92 Å². The summed E-state index contributed by atoms with van der Waals surface area (Å²) in [6.45, 7) is 3.05. The van der Waals surface area contributed by atoms with E-state index < -0.39 is 0 Å². The van der Waals surface area contributed by atoms with E-state index in [1.807, 2.05) is 30.3 Å². The molecule has 2 saturated heterocycles. The number of aromatic nitrogens is 3. The monoisotopic (exact) mass is 396 g/mol. The van der Waals surface area contributed by atoms with Crippen molar-refractivity contribution in [3.63, 3.8) is 0 Å². The second-order valence-electron chi connectivity index (χ2n) is 7.89. The van der Waals surface area contributed by atoms with Gasteiger partial charge in [-0.2, -0.15) is 10.1 Å². The zero-order chi connectivity index (χ0) is 20.2. The van der Waals surface area contributed by atoms with Gasteiger partial charge in [0.15, 0.2) is 5.82 Å². The van der Waals surface area contributed by atoms with Gasteiger partial charge in [-0.05, 0) is 50.9 Å². The van der Waals surface area contributed by atoms with Crippen molar-refractivity contribution in [2.75, 3.05) is 31.5 Å². The Bertz CT molecular complexity index is 859. The number of carbonyl (C=O) groups excluding carboxylic acids is 2. The average Bonchev–Trinajstić information content (AvgIpc) is 3.14. The van der Waals surface area contributed by atoms with E-state index in [-0.39, 0.29) is 17.7 Å². The van der Waals surface area contributed by atoms with Gasteiger partial charge in [0.05, 0.1) is 5.92 Å². The van der Waals surface area contributed by atoms with Crippen molar-refractivity contribution in [3.8, 4) is 0 Å². The lowest BCUT2D eigenvalue weighted by molar-refractivity contribution is -0.121. The summed E-state index contributed by atoms with van der Waals surface area (Å²) in [6, 6.07) is 9.23. The molecule has 1 aromatic heterocycles. The van der Waals surface area contributed by atoms with Gasteiger partial charge in [-0.15, -0.1) is 0 Å². The summed E-state index contributed by atoms with van der Waals surface area (Å²) in [5, 5.41) is 10.8. The van der Waals surface area contributed by atoms with Crippen molar-refractivity contribution in [3.05, 3.63) is 41.7 Å². The predicted octanol–water partition coefficient (Wildman–Crippen LogP) is 1.77. The Morgan fingerprint density at radius 3 is 2.66 bits per heavy atom. The highest BCUT2D eigenvalue weighted by Gasteiger charge is 2.30. The molecule has 0 spiro atoms. The summed E-state index contributed by atoms with van der Waals surface area (Å²) >= 11 is 0. The van der Waals surface area contributed by atoms with Crippen LogP contribution in [-0.4, -0.2) is 57.7 Å². The standard InChI is InChI=1S/C21H28N6O2/c1-26-21(23-18(25-26)15-9-11-22-12-10-15)24-19(28)17-8-5-13-27(14-17)20(29)16-6-3-2-4-7-16/h2-4,6-7,15,17,22H,5,8-14H2,1H3,(H,23,24,25,28). The summed E-state index contributed by atoms with van der Waals surface area (Å²) < 4.78 is 1.64. The fraction of sp³-hybridized carbons (Fsp3) is 0.524. The molecule has 8 nitrogen and oxygen atoms in total. The fourth-order valence-corrected chi connectivity index (χ4v) is 4.12. The zero-order valence-electron chi connectivity index (χ0n) is 16.8. The molecule has 2 aromatic rings. The third kappa shape index (κ3) is 4.48. The number of likely N-dealkylation sites (tertiary alicyclic amines) is 1. The molecule has 0 aliphatic carbocycles. The summed E-state index contributed by atoms with van der Waals surface area (Å²) in [4.78, 5) is 32.0. The van der Waals surface area contributed by atoms with E-state index >= 15 is 0 Å². The van der Waals surface area contributed by atoms with Crippen LogP contribution in [-0.2, 0) is 11.8 Å². The Morgan fingerprint density at radius 1 is 1.14 bits per heavy atom. The zero-order valence-corrected chi connectivity index (χ0v) is 16.8. The van der Waals surface area contributed by atoms with Crippen LogP contribution in [0.25, 0.3) is 0 Å². The number of anilines is 1. The molecular weight excluding hydrogens is 368 g/mol. The maximum absolute atomic E-state index is 12.9. The maximum Gasteiger partial charge on any atom is 0.253 e. The Kier molecular flexibility index (Phi) is 5.89. The third-order valence-electron chi connectivity index (χ3n) is 5.82. The van der Waals surface area contributed by atoms with Gasteiger partial charge in [0.2, 0.25) is 11.9 Å². The number of nitrogens with one attached hydrogen (secondary N) is 2. The number of hydrogen-bond donors (Lipinski definition) is 2. The highest BCUT2D eigenvalue weighted by molar-refractivity contribution is 5.95. The highest BCUT2D eigenvalue weighted by Crippen LogP contribution is 2.24. The molecule has 8 heteroatoms. The molecule has 1 aromatic carbocycles. The van der Waals surface area contributed by atoms with Crippen molar-refractivity contribution in [2.45, 2.75) is 31.6 Å². The first kappa shape index (κ1) is 19.6. The van der Waals surface area contributed by atoms with Gasteiger partial charge in [0, 0.05) is 31.6 Å². The van der Waals surface area contributed by atoms with Crippen LogP contribution in [0.5, 0.6) is 0 Å². The molecule has 2 N–H and O–H groups in total. The maximum atomic E-state index is 12.9. The van der Waals surface area contributed by atoms with Crippen LogP contribution in [0.1, 0.15) is 47.8 Å². The SMILES string of the molecule is Cn1nc(C2CCNCC2)nc1NC(=O)C1CCCN(C(=O)c2ccccc2)C1. The van der Waals surface area contributed by atoms with Gasteiger partial charge < -0.3 is 10.2 Å². The predicted molar refractivity (Wildman–Crippen MR) is 110 cm³/mol. The molecule has 2 amide bonds. The lowest BCUT2D eigenvalue weighted by Crippen LogP contribution is -2.44. The minimum Gasteiger partial charge on any atom is -0.338 e. The van der Waals surface area contributed by atoms with Crippen LogP contribution in [0.4, 0.5) is 5.95 Å². The van der Waals surface area contributed by atoms with E-state index in [9.17, 15) is 9.59 Å². The molecular formula is C21H28N6O2. The number of piperidine rings is 2. The van der Waals surface area contributed by atoms with Gasteiger partial charge in [0.1, 0.15) is 0 Å². The molecule has 1 unspecified atom stereocenters. The number of carbonyl (C=O) groups is 2. The van der Waals surface area contributed by atoms with Crippen LogP contribution in [0.3, 0.4) is 0 Å². The van der Waals surface area contributed by atoms with Gasteiger partial charge in [-0.3, -0.25) is 14.9 Å². The van der Waals surface area contributed by atoms with Crippen molar-refractivity contribution >= 4 is 17.8 Å². The number of hydrogen-bond acceptors (Lipinski definition) is 5. The first-order valence-electron chi connectivity index (χ1n) is 10.4. The van der Waals surface area contributed by atoms with Gasteiger partial charge in [-0.1, -0.05) is 18.2 Å². The second kappa shape index (κ2) is 8.73. The minimum absolute atomic E-state index is 0.0186. The minimum atomic E-state index is -0.240. The molecule has 29 heavy (non-hydrogen) atoms. The molecule has 2 aliphatic heterocycles. The van der Waals surface area contributed by atoms with Crippen LogP contribution >= 0.6 is 0 Å². The fourth-order valence-electron chi connectivity index (χ4n) is 4.12. The quantitative estimate of drug-likeness (QED) is 0.822. The number of aryl methyl sites for hydroxylation is 1. The number of benzene rings is 1. The summed E-state index contributed by atoms with van der Waals surface area (Å²) in [5.74, 6) is 1.26. The molecule has 0 saturated carbocycles. The molecule has 0 bridgehead atoms. The number of rotatable bonds is 4. The van der Waals surface area contributed by atoms with Crippen molar-refractivity contribution < 1.29 is 9.59 Å². The van der Waals surface area contributed by atoms with E-state index in [4.69, 9.17) is 0 Å². The first-order valence-corrected chi connectivity index (χ1v) is 10.4. The summed E-state index contributed by atoms with van der Waals surface area (Å²) in [6.07, 6.45) is 3.60. The molecule has 0 radical (unpaired) electrons. The Labute approximate surface area is 170 Å². The number of amides is 2. The van der Waals surface area contributed by atoms with Crippen LogP contribution in [0.15, 0.2) is 30.3 Å². The summed E-state index contributed by atoms with van der Waals surface area (Å²) in [7, 11) is 1.80. The average molecular weight is 396 g/mol. The topological polar surface area (TPSA) is 92.2 Å². The molecule has 2 fully saturated rings.